The van der Waals surface area contributed by atoms with Crippen molar-refractivity contribution in [2.24, 2.45) is 0 Å². The van der Waals surface area contributed by atoms with Crippen LogP contribution in [0.5, 0.6) is 23.0 Å². The van der Waals surface area contributed by atoms with Gasteiger partial charge in [0.2, 0.25) is 0 Å². The van der Waals surface area contributed by atoms with E-state index in [0.717, 1.165) is 22.3 Å². The number of aromatic hydroxyl groups is 2. The van der Waals surface area contributed by atoms with Gasteiger partial charge in [0.15, 0.2) is 0 Å². The van der Waals surface area contributed by atoms with E-state index in [-0.39, 0.29) is 24.7 Å². The van der Waals surface area contributed by atoms with Crippen LogP contribution < -0.4 is 32.4 Å². The Balaban J connectivity index is 0.000000230. The van der Waals surface area contributed by atoms with Gasteiger partial charge in [0.05, 0.1) is 22.7 Å². The number of hydrogen-bond acceptors (Lipinski definition) is 8. The lowest BCUT2D eigenvalue weighted by Crippen LogP contribution is -2.01. The summed E-state index contributed by atoms with van der Waals surface area (Å²) in [6.07, 6.45) is 11.7. The zero-order valence-corrected chi connectivity index (χ0v) is 21.9. The molecule has 4 aromatic rings. The van der Waals surface area contributed by atoms with Gasteiger partial charge in [-0.3, -0.25) is 0 Å². The predicted octanol–water partition coefficient (Wildman–Crippen LogP) is 4.32. The smallest absolute Gasteiger partial charge is 0.148 e. The predicted molar refractivity (Wildman–Crippen MR) is 161 cm³/mol. The first-order chi connectivity index (χ1) is 19.2. The van der Waals surface area contributed by atoms with Gasteiger partial charge in [-0.05, 0) is 83.6 Å². The molecule has 0 bridgehead atoms. The monoisotopic (exact) mass is 536 g/mol. The number of phenols is 2. The lowest BCUT2D eigenvalue weighted by molar-refractivity contribution is 0.371. The number of benzene rings is 4. The highest BCUT2D eigenvalue weighted by Gasteiger charge is 2.07. The second-order valence-corrected chi connectivity index (χ2v) is 8.87. The van der Waals surface area contributed by atoms with Crippen LogP contribution in [0.25, 0.3) is 0 Å². The fourth-order valence-electron chi connectivity index (χ4n) is 3.74. The SMILES string of the molecule is C#CCOc1cc(Cc2ccc(N)c(OCC#C)c2)ccc1N.Nc1ccc(Cc2ccc(N)c(O)c2)cc1O. The molecule has 8 heteroatoms. The van der Waals surface area contributed by atoms with Gasteiger partial charge < -0.3 is 42.6 Å². The van der Waals surface area contributed by atoms with Gasteiger partial charge in [0.1, 0.15) is 36.2 Å². The molecule has 0 saturated carbocycles. The summed E-state index contributed by atoms with van der Waals surface area (Å²) in [5.74, 6) is 6.15. The molecular weight excluding hydrogens is 504 g/mol. The Morgan fingerprint density at radius 1 is 0.525 bits per heavy atom. The van der Waals surface area contributed by atoms with Crippen molar-refractivity contribution in [1.29, 1.82) is 0 Å². The Morgan fingerprint density at radius 2 is 0.850 bits per heavy atom. The Kier molecular flexibility index (Phi) is 9.99. The molecule has 0 aromatic heterocycles. The lowest BCUT2D eigenvalue weighted by Gasteiger charge is -2.11. The minimum absolute atomic E-state index is 0.0715. The maximum atomic E-state index is 9.48. The van der Waals surface area contributed by atoms with Crippen LogP contribution in [-0.4, -0.2) is 23.4 Å². The number of nitrogen functional groups attached to an aromatic ring is 4. The van der Waals surface area contributed by atoms with Crippen molar-refractivity contribution < 1.29 is 19.7 Å². The second kappa shape index (κ2) is 13.8. The van der Waals surface area contributed by atoms with E-state index in [1.54, 1.807) is 36.4 Å². The Hall–Kier alpha value is -5.60. The first-order valence-corrected chi connectivity index (χ1v) is 12.2. The number of nitrogens with two attached hydrogens (primary N) is 4. The van der Waals surface area contributed by atoms with Crippen LogP contribution in [0, 0.1) is 24.7 Å². The fourth-order valence-corrected chi connectivity index (χ4v) is 3.74. The zero-order valence-electron chi connectivity index (χ0n) is 21.9. The summed E-state index contributed by atoms with van der Waals surface area (Å²) in [5.41, 5.74) is 28.5. The van der Waals surface area contributed by atoms with E-state index < -0.39 is 0 Å². The van der Waals surface area contributed by atoms with E-state index in [4.69, 9.17) is 45.3 Å². The van der Waals surface area contributed by atoms with Crippen molar-refractivity contribution in [2.75, 3.05) is 36.1 Å². The van der Waals surface area contributed by atoms with Crippen LogP contribution in [0.3, 0.4) is 0 Å². The van der Waals surface area contributed by atoms with Gasteiger partial charge >= 0.3 is 0 Å². The molecule has 0 fully saturated rings. The molecule has 4 aromatic carbocycles. The molecule has 10 N–H and O–H groups in total. The highest BCUT2D eigenvalue weighted by Crippen LogP contribution is 2.28. The molecular formula is C32H32N4O4. The van der Waals surface area contributed by atoms with Crippen molar-refractivity contribution in [1.82, 2.24) is 0 Å². The molecule has 0 unspecified atom stereocenters. The largest absolute Gasteiger partial charge is 0.506 e. The first kappa shape index (κ1) is 29.0. The van der Waals surface area contributed by atoms with E-state index >= 15 is 0 Å². The Labute approximate surface area is 234 Å². The number of hydrogen-bond donors (Lipinski definition) is 6. The number of rotatable bonds is 8. The van der Waals surface area contributed by atoms with Crippen LogP contribution in [-0.2, 0) is 12.8 Å². The molecule has 8 nitrogen and oxygen atoms in total. The van der Waals surface area contributed by atoms with Gasteiger partial charge in [0, 0.05) is 0 Å². The summed E-state index contributed by atoms with van der Waals surface area (Å²) in [5, 5.41) is 19.0. The number of terminal acetylenes is 2. The molecule has 0 aliphatic heterocycles. The Morgan fingerprint density at radius 3 is 1.18 bits per heavy atom. The van der Waals surface area contributed by atoms with Gasteiger partial charge in [-0.1, -0.05) is 36.1 Å². The molecule has 0 radical (unpaired) electrons. The van der Waals surface area contributed by atoms with Gasteiger partial charge in [-0.2, -0.15) is 0 Å². The summed E-state index contributed by atoms with van der Waals surface area (Å²) in [6.45, 7) is 0.360. The topological polar surface area (TPSA) is 163 Å². The van der Waals surface area contributed by atoms with E-state index in [1.807, 2.05) is 36.4 Å². The third-order valence-corrected chi connectivity index (χ3v) is 5.78. The average molecular weight is 537 g/mol. The molecule has 0 atom stereocenters. The zero-order chi connectivity index (χ0) is 29.1. The van der Waals surface area contributed by atoms with E-state index in [2.05, 4.69) is 11.8 Å². The van der Waals surface area contributed by atoms with Crippen LogP contribution in [0.1, 0.15) is 22.3 Å². The van der Waals surface area contributed by atoms with Gasteiger partial charge in [-0.25, -0.2) is 0 Å². The number of ether oxygens (including phenoxy) is 2. The van der Waals surface area contributed by atoms with Gasteiger partial charge in [-0.15, -0.1) is 12.8 Å². The quantitative estimate of drug-likeness (QED) is 0.110. The molecule has 204 valence electrons. The summed E-state index contributed by atoms with van der Waals surface area (Å²) in [6, 6.07) is 21.4. The van der Waals surface area contributed by atoms with Crippen molar-refractivity contribution in [3.63, 3.8) is 0 Å². The summed E-state index contributed by atoms with van der Waals surface area (Å²) in [7, 11) is 0. The second-order valence-electron chi connectivity index (χ2n) is 8.87. The summed E-state index contributed by atoms with van der Waals surface area (Å²) >= 11 is 0. The van der Waals surface area contributed by atoms with Crippen LogP contribution >= 0.6 is 0 Å². The minimum atomic E-state index is 0.0715. The molecule has 4 rings (SSSR count). The molecule has 40 heavy (non-hydrogen) atoms. The fraction of sp³-hybridized carbons (Fsp3) is 0.125. The van der Waals surface area contributed by atoms with Crippen LogP contribution in [0.4, 0.5) is 22.7 Å². The summed E-state index contributed by atoms with van der Waals surface area (Å²) in [4.78, 5) is 0. The Bertz CT molecular complexity index is 1440. The maximum Gasteiger partial charge on any atom is 0.148 e. The molecule has 0 amide bonds. The van der Waals surface area contributed by atoms with E-state index in [1.165, 1.54) is 0 Å². The molecule has 0 aliphatic rings. The highest BCUT2D eigenvalue weighted by atomic mass is 16.5. The molecule has 0 saturated heterocycles. The average Bonchev–Trinajstić information content (AvgIpc) is 2.93. The molecule has 0 heterocycles. The van der Waals surface area contributed by atoms with Crippen molar-refractivity contribution in [3.05, 3.63) is 95.1 Å². The standard InChI is InChI=1S/C19H18N2O2.C13H14N2O2/c1-3-9-22-18-12-14(5-7-16(18)20)11-15-6-8-17(21)19(13-15)23-10-4-2;14-10-3-1-8(6-12(10)16)5-9-2-4-11(15)13(17)7-9/h1-2,5-8,12-13H,9-11,20-21H2;1-4,6-7,16-17H,5,14-15H2. The van der Waals surface area contributed by atoms with Gasteiger partial charge in [0.25, 0.3) is 0 Å². The minimum Gasteiger partial charge on any atom is -0.506 e. The normalized spacial score (nSPS) is 9.95. The van der Waals surface area contributed by atoms with Crippen molar-refractivity contribution in [2.45, 2.75) is 12.8 Å². The van der Waals surface area contributed by atoms with E-state index in [9.17, 15) is 10.2 Å². The highest BCUT2D eigenvalue weighted by molar-refractivity contribution is 5.57. The first-order valence-electron chi connectivity index (χ1n) is 12.2. The van der Waals surface area contributed by atoms with Crippen molar-refractivity contribution >= 4 is 22.7 Å². The molecule has 0 spiro atoms. The van der Waals surface area contributed by atoms with E-state index in [0.29, 0.717) is 47.1 Å². The van der Waals surface area contributed by atoms with Crippen LogP contribution in [0.2, 0.25) is 0 Å². The lowest BCUT2D eigenvalue weighted by atomic mass is 10.0. The summed E-state index contributed by atoms with van der Waals surface area (Å²) < 4.78 is 10.9. The van der Waals surface area contributed by atoms with Crippen molar-refractivity contribution in [3.8, 4) is 47.7 Å². The number of anilines is 4. The van der Waals surface area contributed by atoms with Crippen LogP contribution in [0.15, 0.2) is 72.8 Å². The molecule has 0 aliphatic carbocycles. The third-order valence-electron chi connectivity index (χ3n) is 5.78. The third kappa shape index (κ3) is 8.20. The number of phenolic OH excluding ortho intramolecular Hbond substituents is 2. The maximum absolute atomic E-state index is 9.48.